The van der Waals surface area contributed by atoms with Gasteiger partial charge in [0.1, 0.15) is 0 Å². The van der Waals surface area contributed by atoms with Crippen LogP contribution in [-0.4, -0.2) is 37.4 Å². The number of likely N-dealkylation sites (N-methyl/N-ethyl adjacent to an activating group) is 1. The van der Waals surface area contributed by atoms with Crippen LogP contribution < -0.4 is 11.1 Å². The molecule has 0 aromatic heterocycles. The lowest BCUT2D eigenvalue weighted by atomic mass is 10.3. The minimum absolute atomic E-state index is 0.0961. The van der Waals surface area contributed by atoms with E-state index in [1.54, 1.807) is 18.2 Å². The molecule has 0 fully saturated rings. The molecule has 0 saturated carbocycles. The first-order chi connectivity index (χ1) is 8.38. The van der Waals surface area contributed by atoms with Crippen LogP contribution in [0.4, 0.5) is 20.2 Å². The van der Waals surface area contributed by atoms with E-state index in [1.165, 1.54) is 11.9 Å². The Kier molecular flexibility index (Phi) is 5.49. The standard InChI is InChI=1S/C11H14BrF2N3O/c1-17(5-10(13)14)6-11(18)16-9-3-2-7(15)4-8(9)12/h2-4,10H,5-6,15H2,1H3,(H,16,18). The van der Waals surface area contributed by atoms with Gasteiger partial charge in [-0.15, -0.1) is 0 Å². The molecule has 18 heavy (non-hydrogen) atoms. The SMILES string of the molecule is CN(CC(=O)Nc1ccc(N)cc1Br)CC(F)F. The van der Waals surface area contributed by atoms with Crippen LogP contribution in [0.25, 0.3) is 0 Å². The number of alkyl halides is 2. The average Bonchev–Trinajstić information content (AvgIpc) is 2.20. The highest BCUT2D eigenvalue weighted by Crippen LogP contribution is 2.24. The van der Waals surface area contributed by atoms with Crippen molar-refractivity contribution in [2.45, 2.75) is 6.43 Å². The molecule has 1 rings (SSSR count). The fraction of sp³-hybridized carbons (Fsp3) is 0.364. The number of rotatable bonds is 5. The van der Waals surface area contributed by atoms with Gasteiger partial charge in [0.2, 0.25) is 5.91 Å². The molecule has 0 radical (unpaired) electrons. The Balaban J connectivity index is 2.54. The van der Waals surface area contributed by atoms with E-state index < -0.39 is 13.0 Å². The van der Waals surface area contributed by atoms with Gasteiger partial charge >= 0.3 is 0 Å². The number of nitrogen functional groups attached to an aromatic ring is 1. The summed E-state index contributed by atoms with van der Waals surface area (Å²) < 4.78 is 24.8. The summed E-state index contributed by atoms with van der Waals surface area (Å²) in [7, 11) is 1.46. The molecule has 3 N–H and O–H groups in total. The number of nitrogens with one attached hydrogen (secondary N) is 1. The molecule has 0 heterocycles. The van der Waals surface area contributed by atoms with Crippen molar-refractivity contribution in [1.82, 2.24) is 4.90 Å². The lowest BCUT2D eigenvalue weighted by Crippen LogP contribution is -2.33. The predicted molar refractivity (Wildman–Crippen MR) is 70.7 cm³/mol. The van der Waals surface area contributed by atoms with Crippen molar-refractivity contribution >= 4 is 33.2 Å². The molecule has 7 heteroatoms. The molecule has 0 unspecified atom stereocenters. The molecule has 0 aliphatic carbocycles. The fourth-order valence-corrected chi connectivity index (χ4v) is 1.86. The van der Waals surface area contributed by atoms with Crippen molar-refractivity contribution in [3.05, 3.63) is 22.7 Å². The number of carbonyl (C=O) groups is 1. The van der Waals surface area contributed by atoms with Crippen LogP contribution in [0.5, 0.6) is 0 Å². The molecule has 0 saturated heterocycles. The Morgan fingerprint density at radius 2 is 2.22 bits per heavy atom. The Morgan fingerprint density at radius 1 is 1.56 bits per heavy atom. The fourth-order valence-electron chi connectivity index (χ4n) is 1.37. The van der Waals surface area contributed by atoms with Gasteiger partial charge in [-0.3, -0.25) is 9.69 Å². The lowest BCUT2D eigenvalue weighted by Gasteiger charge is -2.16. The predicted octanol–water partition coefficient (Wildman–Crippen LogP) is 2.17. The summed E-state index contributed by atoms with van der Waals surface area (Å²) in [5.41, 5.74) is 6.68. The van der Waals surface area contributed by atoms with Gasteiger partial charge in [-0.25, -0.2) is 8.78 Å². The van der Waals surface area contributed by atoms with Gasteiger partial charge in [0, 0.05) is 10.2 Å². The number of amides is 1. The first kappa shape index (κ1) is 14.8. The highest BCUT2D eigenvalue weighted by molar-refractivity contribution is 9.10. The van der Waals surface area contributed by atoms with Crippen molar-refractivity contribution in [1.29, 1.82) is 0 Å². The van der Waals surface area contributed by atoms with Crippen LogP contribution in [0.2, 0.25) is 0 Å². The molecule has 0 spiro atoms. The summed E-state index contributed by atoms with van der Waals surface area (Å²) in [5, 5.41) is 2.61. The second-order valence-electron chi connectivity index (χ2n) is 3.88. The molecule has 1 aromatic carbocycles. The zero-order valence-electron chi connectivity index (χ0n) is 9.79. The van der Waals surface area contributed by atoms with Gasteiger partial charge in [-0.05, 0) is 41.2 Å². The van der Waals surface area contributed by atoms with E-state index >= 15 is 0 Å². The normalized spacial score (nSPS) is 11.0. The van der Waals surface area contributed by atoms with E-state index in [2.05, 4.69) is 21.2 Å². The summed E-state index contributed by atoms with van der Waals surface area (Å²) in [6.45, 7) is -0.530. The van der Waals surface area contributed by atoms with Crippen LogP contribution in [0.15, 0.2) is 22.7 Å². The van der Waals surface area contributed by atoms with E-state index in [0.29, 0.717) is 15.8 Å². The third-order valence-electron chi connectivity index (χ3n) is 2.13. The van der Waals surface area contributed by atoms with Gasteiger partial charge in [-0.1, -0.05) is 0 Å². The zero-order valence-corrected chi connectivity index (χ0v) is 11.4. The van der Waals surface area contributed by atoms with Crippen molar-refractivity contribution in [3.63, 3.8) is 0 Å². The summed E-state index contributed by atoms with van der Waals surface area (Å²) in [5.74, 6) is -0.358. The summed E-state index contributed by atoms with van der Waals surface area (Å²) in [4.78, 5) is 12.8. The largest absolute Gasteiger partial charge is 0.399 e. The minimum atomic E-state index is -2.45. The zero-order chi connectivity index (χ0) is 13.7. The van der Waals surface area contributed by atoms with Crippen LogP contribution >= 0.6 is 15.9 Å². The van der Waals surface area contributed by atoms with Gasteiger partial charge in [-0.2, -0.15) is 0 Å². The Hall–Kier alpha value is -1.21. The lowest BCUT2D eigenvalue weighted by molar-refractivity contribution is -0.117. The molecule has 1 amide bonds. The van der Waals surface area contributed by atoms with Crippen molar-refractivity contribution in [2.24, 2.45) is 0 Å². The van der Waals surface area contributed by atoms with Gasteiger partial charge in [0.15, 0.2) is 0 Å². The third-order valence-corrected chi connectivity index (χ3v) is 2.79. The smallest absolute Gasteiger partial charge is 0.251 e. The summed E-state index contributed by atoms with van der Waals surface area (Å²) in [6.07, 6.45) is -2.45. The van der Waals surface area contributed by atoms with Crippen LogP contribution in [0, 0.1) is 0 Å². The maximum absolute atomic E-state index is 12.1. The van der Waals surface area contributed by atoms with E-state index in [4.69, 9.17) is 5.73 Å². The van der Waals surface area contributed by atoms with E-state index in [9.17, 15) is 13.6 Å². The van der Waals surface area contributed by atoms with Gasteiger partial charge in [0.05, 0.1) is 18.8 Å². The maximum Gasteiger partial charge on any atom is 0.251 e. The van der Waals surface area contributed by atoms with Crippen molar-refractivity contribution in [3.8, 4) is 0 Å². The topological polar surface area (TPSA) is 58.4 Å². The molecular formula is C11H14BrF2N3O. The van der Waals surface area contributed by atoms with Crippen molar-refractivity contribution < 1.29 is 13.6 Å². The molecule has 0 aliphatic rings. The molecule has 0 aliphatic heterocycles. The number of nitrogens with two attached hydrogens (primary N) is 1. The van der Waals surface area contributed by atoms with Crippen LogP contribution in [0.1, 0.15) is 0 Å². The number of anilines is 2. The number of hydrogen-bond donors (Lipinski definition) is 2. The highest BCUT2D eigenvalue weighted by atomic mass is 79.9. The molecule has 0 atom stereocenters. The highest BCUT2D eigenvalue weighted by Gasteiger charge is 2.12. The number of halogens is 3. The summed E-state index contributed by atoms with van der Waals surface area (Å²) >= 11 is 3.25. The molecule has 1 aromatic rings. The first-order valence-electron chi connectivity index (χ1n) is 5.20. The van der Waals surface area contributed by atoms with E-state index in [1.807, 2.05) is 0 Å². The monoisotopic (exact) mass is 321 g/mol. The second-order valence-corrected chi connectivity index (χ2v) is 4.73. The van der Waals surface area contributed by atoms with Crippen LogP contribution in [0.3, 0.4) is 0 Å². The number of carbonyl (C=O) groups excluding carboxylic acids is 1. The summed E-state index contributed by atoms with van der Waals surface area (Å²) in [6, 6.07) is 4.94. The Morgan fingerprint density at radius 3 is 2.78 bits per heavy atom. The molecule has 100 valence electrons. The molecular weight excluding hydrogens is 308 g/mol. The van der Waals surface area contributed by atoms with Crippen LogP contribution in [-0.2, 0) is 4.79 Å². The maximum atomic E-state index is 12.1. The molecule has 0 bridgehead atoms. The first-order valence-corrected chi connectivity index (χ1v) is 5.99. The quantitative estimate of drug-likeness (QED) is 0.817. The van der Waals surface area contributed by atoms with Gasteiger partial charge in [0.25, 0.3) is 6.43 Å². The third kappa shape index (κ3) is 4.97. The Labute approximate surface area is 112 Å². The number of hydrogen-bond acceptors (Lipinski definition) is 3. The second kappa shape index (κ2) is 6.65. The Bertz CT molecular complexity index is 429. The van der Waals surface area contributed by atoms with E-state index in [-0.39, 0.29) is 12.5 Å². The van der Waals surface area contributed by atoms with E-state index in [0.717, 1.165) is 0 Å². The number of nitrogens with zero attached hydrogens (tertiary/aromatic N) is 1. The molecule has 4 nitrogen and oxygen atoms in total. The van der Waals surface area contributed by atoms with Gasteiger partial charge < -0.3 is 11.1 Å². The minimum Gasteiger partial charge on any atom is -0.399 e. The number of benzene rings is 1. The average molecular weight is 322 g/mol. The van der Waals surface area contributed by atoms with Crippen molar-refractivity contribution in [2.75, 3.05) is 31.2 Å².